The number of amides is 1. The molecule has 7 nitrogen and oxygen atoms in total. The highest BCUT2D eigenvalue weighted by molar-refractivity contribution is 6.37. The zero-order valence-electron chi connectivity index (χ0n) is 21.9. The summed E-state index contributed by atoms with van der Waals surface area (Å²) in [7, 11) is 0. The van der Waals surface area contributed by atoms with Gasteiger partial charge in [-0.2, -0.15) is 13.2 Å². The van der Waals surface area contributed by atoms with Crippen LogP contribution in [0.1, 0.15) is 34.6 Å². The monoisotopic (exact) mass is 636 g/mol. The molecular formula is C25H31Cl4F3N2O5. The summed E-state index contributed by atoms with van der Waals surface area (Å²) in [5.41, 5.74) is 5.00. The number of rotatable bonds is 7. The van der Waals surface area contributed by atoms with Crippen LogP contribution in [0.15, 0.2) is 36.4 Å². The largest absolute Gasteiger partial charge is 0.489 e. The van der Waals surface area contributed by atoms with Crippen LogP contribution in [-0.2, 0) is 9.53 Å². The first kappa shape index (κ1) is 36.9. The van der Waals surface area contributed by atoms with E-state index < -0.39 is 24.2 Å². The molecule has 2 aromatic rings. The van der Waals surface area contributed by atoms with Crippen molar-refractivity contribution in [1.29, 1.82) is 0 Å². The number of para-hydroxylation sites is 2. The van der Waals surface area contributed by atoms with E-state index in [1.165, 1.54) is 0 Å². The molecule has 0 saturated carbocycles. The Morgan fingerprint density at radius 3 is 1.56 bits per heavy atom. The van der Waals surface area contributed by atoms with Crippen LogP contribution in [0.5, 0.6) is 11.5 Å². The van der Waals surface area contributed by atoms with Gasteiger partial charge in [0.25, 0.3) is 0 Å². The summed E-state index contributed by atoms with van der Waals surface area (Å²) >= 11 is 23.7. The molecule has 39 heavy (non-hydrogen) atoms. The van der Waals surface area contributed by atoms with Gasteiger partial charge in [-0.3, -0.25) is 4.79 Å². The van der Waals surface area contributed by atoms with Crippen molar-refractivity contribution >= 4 is 58.8 Å². The number of benzene rings is 2. The molecule has 2 atom stereocenters. The summed E-state index contributed by atoms with van der Waals surface area (Å²) in [4.78, 5) is 20.3. The van der Waals surface area contributed by atoms with Crippen molar-refractivity contribution < 1.29 is 37.0 Å². The van der Waals surface area contributed by atoms with Crippen LogP contribution < -0.4 is 20.5 Å². The van der Waals surface area contributed by atoms with E-state index in [1.807, 2.05) is 6.92 Å². The van der Waals surface area contributed by atoms with Crippen molar-refractivity contribution in [2.75, 3.05) is 13.2 Å². The van der Waals surface area contributed by atoms with Gasteiger partial charge in [-0.1, -0.05) is 58.5 Å². The lowest BCUT2D eigenvalue weighted by atomic mass is 10.2. The number of hydrogen-bond acceptors (Lipinski definition) is 6. The molecular weight excluding hydrogens is 607 g/mol. The normalized spacial score (nSPS) is 12.4. The van der Waals surface area contributed by atoms with Gasteiger partial charge in [-0.25, -0.2) is 4.79 Å². The summed E-state index contributed by atoms with van der Waals surface area (Å²) in [5.74, 6) is 0.914. The zero-order valence-corrected chi connectivity index (χ0v) is 24.9. The van der Waals surface area contributed by atoms with Crippen molar-refractivity contribution in [3.05, 3.63) is 56.5 Å². The average Bonchev–Trinajstić information content (AvgIpc) is 2.77. The van der Waals surface area contributed by atoms with Gasteiger partial charge in [0.2, 0.25) is 6.29 Å². The molecule has 1 amide bonds. The molecule has 0 fully saturated rings. The lowest BCUT2D eigenvalue weighted by Gasteiger charge is -2.22. The van der Waals surface area contributed by atoms with Gasteiger partial charge in [0.1, 0.15) is 18.8 Å². The zero-order chi connectivity index (χ0) is 30.4. The fourth-order valence-electron chi connectivity index (χ4n) is 2.21. The minimum Gasteiger partial charge on any atom is -0.489 e. The van der Waals surface area contributed by atoms with E-state index in [2.05, 4.69) is 5.32 Å². The lowest BCUT2D eigenvalue weighted by Crippen LogP contribution is -2.40. The Labute approximate surface area is 246 Å². The maximum Gasteiger partial charge on any atom is 0.446 e. The Hall–Kier alpha value is -2.11. The number of nitrogens with two attached hydrogens (primary N) is 1. The fourth-order valence-corrected chi connectivity index (χ4v) is 3.23. The molecule has 0 unspecified atom stereocenters. The number of halogens is 7. The van der Waals surface area contributed by atoms with Crippen molar-refractivity contribution in [2.24, 2.45) is 5.73 Å². The Bertz CT molecular complexity index is 1010. The molecule has 0 bridgehead atoms. The predicted molar refractivity (Wildman–Crippen MR) is 149 cm³/mol. The van der Waals surface area contributed by atoms with Gasteiger partial charge in [-0.05, 0) is 58.9 Å². The van der Waals surface area contributed by atoms with Crippen LogP contribution in [0.25, 0.3) is 0 Å². The SMILES string of the molecule is C[C@@H](N)COc1c(Cl)cccc1Cl.C[C@H](COc1c(Cl)cccc1Cl)NC(=O)OC(C)(C)C.O=CC(F)(F)F. The molecule has 0 heterocycles. The Morgan fingerprint density at radius 1 is 0.897 bits per heavy atom. The number of carbonyl (C=O) groups is 2. The highest BCUT2D eigenvalue weighted by Gasteiger charge is 2.25. The second-order valence-electron chi connectivity index (χ2n) is 8.91. The molecule has 3 N–H and O–H groups in total. The molecule has 0 aromatic heterocycles. The van der Waals surface area contributed by atoms with Gasteiger partial charge >= 0.3 is 12.3 Å². The number of nitrogens with one attached hydrogen (secondary N) is 1. The third kappa shape index (κ3) is 18.0. The molecule has 14 heteroatoms. The number of carbonyl (C=O) groups excluding carboxylic acids is 2. The molecule has 2 aromatic carbocycles. The second-order valence-corrected chi connectivity index (χ2v) is 10.5. The molecule has 0 saturated heterocycles. The predicted octanol–water partition coefficient (Wildman–Crippen LogP) is 7.75. The first-order chi connectivity index (χ1) is 17.9. The van der Waals surface area contributed by atoms with Crippen molar-refractivity contribution in [1.82, 2.24) is 5.32 Å². The standard InChI is InChI=1S/C14H19Cl2NO3.C9H11Cl2NO.C2HF3O/c1-9(17-13(18)20-14(2,3)4)8-19-12-10(15)6-5-7-11(12)16;1-6(12)5-13-9-7(10)3-2-4-8(9)11;3-2(4,5)1-6/h5-7,9H,8H2,1-4H3,(H,17,18);2-4,6H,5,12H2,1H3;1H/t9-;6-;/m11./s1. The van der Waals surface area contributed by atoms with Gasteiger partial charge in [0.05, 0.1) is 26.1 Å². The molecule has 0 aliphatic carbocycles. The van der Waals surface area contributed by atoms with Gasteiger partial charge in [0, 0.05) is 6.04 Å². The van der Waals surface area contributed by atoms with Crippen LogP contribution in [0.2, 0.25) is 20.1 Å². The summed E-state index contributed by atoms with van der Waals surface area (Å²) in [5, 5.41) is 4.55. The Kier molecular flexibility index (Phi) is 16.6. The summed E-state index contributed by atoms with van der Waals surface area (Å²) in [6.45, 7) is 9.71. The third-order valence-electron chi connectivity index (χ3n) is 3.70. The first-order valence-corrected chi connectivity index (χ1v) is 12.8. The van der Waals surface area contributed by atoms with E-state index in [1.54, 1.807) is 64.1 Å². The fraction of sp³-hybridized carbons (Fsp3) is 0.440. The van der Waals surface area contributed by atoms with E-state index in [-0.39, 0.29) is 18.7 Å². The topological polar surface area (TPSA) is 99.9 Å². The van der Waals surface area contributed by atoms with E-state index in [9.17, 15) is 18.0 Å². The Balaban J connectivity index is 0.000000648. The number of alkyl halides is 3. The second kappa shape index (κ2) is 17.6. The molecule has 0 aliphatic rings. The summed E-state index contributed by atoms with van der Waals surface area (Å²) < 4.78 is 47.3. The smallest absolute Gasteiger partial charge is 0.446 e. The maximum atomic E-state index is 11.6. The van der Waals surface area contributed by atoms with Crippen molar-refractivity contribution in [3.63, 3.8) is 0 Å². The van der Waals surface area contributed by atoms with Crippen LogP contribution in [0.4, 0.5) is 18.0 Å². The Morgan fingerprint density at radius 2 is 1.26 bits per heavy atom. The highest BCUT2D eigenvalue weighted by Crippen LogP contribution is 2.33. The lowest BCUT2D eigenvalue weighted by molar-refractivity contribution is -0.156. The highest BCUT2D eigenvalue weighted by atomic mass is 35.5. The van der Waals surface area contributed by atoms with Gasteiger partial charge < -0.3 is 25.3 Å². The minimum atomic E-state index is -4.64. The quantitative estimate of drug-likeness (QED) is 0.301. The van der Waals surface area contributed by atoms with Crippen LogP contribution >= 0.6 is 46.4 Å². The van der Waals surface area contributed by atoms with Gasteiger partial charge in [0.15, 0.2) is 11.5 Å². The molecule has 0 aliphatic heterocycles. The summed E-state index contributed by atoms with van der Waals surface area (Å²) in [6.07, 6.45) is -6.19. The minimum absolute atomic E-state index is 0.0349. The molecule has 0 spiro atoms. The molecule has 2 rings (SSSR count). The number of hydrogen-bond donors (Lipinski definition) is 2. The van der Waals surface area contributed by atoms with Crippen LogP contribution in [-0.4, -0.2) is 49.5 Å². The number of alkyl carbamates (subject to hydrolysis) is 1. The van der Waals surface area contributed by atoms with Gasteiger partial charge in [-0.15, -0.1) is 0 Å². The first-order valence-electron chi connectivity index (χ1n) is 11.3. The van der Waals surface area contributed by atoms with Crippen LogP contribution in [0.3, 0.4) is 0 Å². The van der Waals surface area contributed by atoms with Crippen molar-refractivity contribution in [2.45, 2.75) is 58.5 Å². The maximum absolute atomic E-state index is 11.6. The summed E-state index contributed by atoms with van der Waals surface area (Å²) in [6, 6.07) is 10.1. The molecule has 0 radical (unpaired) electrons. The van der Waals surface area contributed by atoms with E-state index in [0.29, 0.717) is 38.2 Å². The number of aldehydes is 1. The average molecular weight is 638 g/mol. The molecule has 220 valence electrons. The van der Waals surface area contributed by atoms with Crippen LogP contribution in [0, 0.1) is 0 Å². The number of ether oxygens (including phenoxy) is 3. The third-order valence-corrected chi connectivity index (χ3v) is 4.89. The van der Waals surface area contributed by atoms with E-state index in [0.717, 1.165) is 0 Å². The van der Waals surface area contributed by atoms with E-state index in [4.69, 9.17) is 71.1 Å². The van der Waals surface area contributed by atoms with E-state index >= 15 is 0 Å². The van der Waals surface area contributed by atoms with Crippen molar-refractivity contribution in [3.8, 4) is 11.5 Å².